The van der Waals surface area contributed by atoms with Crippen LogP contribution >= 0.6 is 0 Å². The summed E-state index contributed by atoms with van der Waals surface area (Å²) in [5.74, 6) is 1.35. The van der Waals surface area contributed by atoms with Crippen molar-refractivity contribution in [3.8, 4) is 0 Å². The molecule has 2 atom stereocenters. The maximum atomic E-state index is 12.6. The molecule has 0 aromatic heterocycles. The number of nitrogens with one attached hydrogen (secondary N) is 1. The number of carbonyl (C=O) groups is 1. The molecule has 2 fully saturated rings. The summed E-state index contributed by atoms with van der Waals surface area (Å²) in [5, 5.41) is 3.34. The largest absolute Gasteiger partial charge is 0.337 e. The lowest BCUT2D eigenvalue weighted by Gasteiger charge is -2.46. The molecule has 98 valence electrons. The van der Waals surface area contributed by atoms with Gasteiger partial charge in [0.25, 0.3) is 0 Å². The number of piperidine rings is 2. The fourth-order valence-corrected chi connectivity index (χ4v) is 3.41. The van der Waals surface area contributed by atoms with Crippen LogP contribution in [-0.2, 0) is 4.79 Å². The minimum atomic E-state index is 0.0478. The third kappa shape index (κ3) is 2.82. The van der Waals surface area contributed by atoms with Crippen molar-refractivity contribution in [2.24, 2.45) is 11.8 Å². The van der Waals surface area contributed by atoms with E-state index in [4.69, 9.17) is 0 Å². The number of carbonyl (C=O) groups excluding carboxylic acids is 1. The lowest BCUT2D eigenvalue weighted by atomic mass is 9.82. The van der Waals surface area contributed by atoms with E-state index in [2.05, 4.69) is 31.0 Å². The molecular formula is C14H26N2O. The zero-order valence-electron chi connectivity index (χ0n) is 11.5. The molecule has 0 spiro atoms. The van der Waals surface area contributed by atoms with Crippen LogP contribution in [0.4, 0.5) is 0 Å². The van der Waals surface area contributed by atoms with Crippen molar-refractivity contribution in [2.45, 2.75) is 52.0 Å². The Morgan fingerprint density at radius 1 is 1.35 bits per heavy atom. The van der Waals surface area contributed by atoms with E-state index in [1.165, 1.54) is 0 Å². The molecule has 1 N–H and O–H groups in total. The standard InChI is InChI=1S/C14H26N2O/c1-11-6-8-16(14(2,3)9-11)13(17)12-5-4-7-15-10-12/h11-12,15H,4-10H2,1-3H3/t11?,12-/m1/s1. The van der Waals surface area contributed by atoms with Crippen LogP contribution in [-0.4, -0.2) is 36.0 Å². The Labute approximate surface area is 105 Å². The van der Waals surface area contributed by atoms with Gasteiger partial charge in [0.2, 0.25) is 5.91 Å². The van der Waals surface area contributed by atoms with Crippen molar-refractivity contribution in [2.75, 3.05) is 19.6 Å². The molecule has 3 nitrogen and oxygen atoms in total. The Bertz CT molecular complexity index is 282. The molecule has 2 aliphatic rings. The van der Waals surface area contributed by atoms with Crippen molar-refractivity contribution in [1.29, 1.82) is 0 Å². The van der Waals surface area contributed by atoms with Crippen molar-refractivity contribution in [1.82, 2.24) is 10.2 Å². The van der Waals surface area contributed by atoms with Crippen molar-refractivity contribution in [3.05, 3.63) is 0 Å². The van der Waals surface area contributed by atoms with Crippen LogP contribution in [0, 0.1) is 11.8 Å². The Morgan fingerprint density at radius 2 is 2.12 bits per heavy atom. The maximum Gasteiger partial charge on any atom is 0.227 e. The molecule has 0 saturated carbocycles. The number of hydrogen-bond acceptors (Lipinski definition) is 2. The van der Waals surface area contributed by atoms with Crippen molar-refractivity contribution < 1.29 is 4.79 Å². The quantitative estimate of drug-likeness (QED) is 0.758. The fourth-order valence-electron chi connectivity index (χ4n) is 3.41. The summed E-state index contributed by atoms with van der Waals surface area (Å²) in [7, 11) is 0. The first-order valence-corrected chi connectivity index (χ1v) is 7.03. The van der Waals surface area contributed by atoms with Gasteiger partial charge < -0.3 is 10.2 Å². The van der Waals surface area contributed by atoms with Crippen molar-refractivity contribution >= 4 is 5.91 Å². The highest BCUT2D eigenvalue weighted by atomic mass is 16.2. The number of amides is 1. The van der Waals surface area contributed by atoms with Gasteiger partial charge in [-0.05, 0) is 52.0 Å². The second-order valence-corrected chi connectivity index (χ2v) is 6.44. The predicted octanol–water partition coefficient (Wildman–Crippen LogP) is 2.02. The van der Waals surface area contributed by atoms with Crippen molar-refractivity contribution in [3.63, 3.8) is 0 Å². The van der Waals surface area contributed by atoms with Gasteiger partial charge in [-0.25, -0.2) is 0 Å². The smallest absolute Gasteiger partial charge is 0.227 e. The van der Waals surface area contributed by atoms with E-state index in [0.717, 1.165) is 51.2 Å². The summed E-state index contributed by atoms with van der Waals surface area (Å²) in [6.45, 7) is 9.63. The van der Waals surface area contributed by atoms with Gasteiger partial charge in [0.05, 0.1) is 5.92 Å². The van der Waals surface area contributed by atoms with E-state index in [1.54, 1.807) is 0 Å². The average molecular weight is 238 g/mol. The maximum absolute atomic E-state index is 12.6. The molecule has 0 bridgehead atoms. The van der Waals surface area contributed by atoms with Gasteiger partial charge >= 0.3 is 0 Å². The van der Waals surface area contributed by atoms with Crippen LogP contribution in [0.3, 0.4) is 0 Å². The molecule has 2 aliphatic heterocycles. The van der Waals surface area contributed by atoms with Gasteiger partial charge in [0.15, 0.2) is 0 Å². The van der Waals surface area contributed by atoms with E-state index in [0.29, 0.717) is 5.91 Å². The molecule has 2 rings (SSSR count). The molecule has 17 heavy (non-hydrogen) atoms. The lowest BCUT2D eigenvalue weighted by molar-refractivity contribution is -0.144. The summed E-state index contributed by atoms with van der Waals surface area (Å²) >= 11 is 0. The van der Waals surface area contributed by atoms with Crippen LogP contribution in [0.2, 0.25) is 0 Å². The third-order valence-corrected chi connectivity index (χ3v) is 4.34. The van der Waals surface area contributed by atoms with Crippen LogP contribution in [0.15, 0.2) is 0 Å². The first-order chi connectivity index (χ1) is 8.00. The van der Waals surface area contributed by atoms with E-state index >= 15 is 0 Å². The predicted molar refractivity (Wildman–Crippen MR) is 69.8 cm³/mol. The zero-order chi connectivity index (χ0) is 12.5. The van der Waals surface area contributed by atoms with E-state index < -0.39 is 0 Å². The molecule has 2 saturated heterocycles. The number of hydrogen-bond donors (Lipinski definition) is 1. The van der Waals surface area contributed by atoms with E-state index in [-0.39, 0.29) is 11.5 Å². The molecule has 1 unspecified atom stereocenters. The van der Waals surface area contributed by atoms with Crippen LogP contribution in [0.25, 0.3) is 0 Å². The molecular weight excluding hydrogens is 212 g/mol. The lowest BCUT2D eigenvalue weighted by Crippen LogP contribution is -2.55. The van der Waals surface area contributed by atoms with Crippen LogP contribution in [0.5, 0.6) is 0 Å². The second kappa shape index (κ2) is 4.97. The normalized spacial score (nSPS) is 33.5. The summed E-state index contributed by atoms with van der Waals surface area (Å²) < 4.78 is 0. The highest BCUT2D eigenvalue weighted by molar-refractivity contribution is 5.80. The summed E-state index contributed by atoms with van der Waals surface area (Å²) in [4.78, 5) is 14.7. The van der Waals surface area contributed by atoms with Gasteiger partial charge in [-0.3, -0.25) is 4.79 Å². The highest BCUT2D eigenvalue weighted by Crippen LogP contribution is 2.32. The Hall–Kier alpha value is -0.570. The molecule has 0 aromatic rings. The third-order valence-electron chi connectivity index (χ3n) is 4.34. The van der Waals surface area contributed by atoms with Gasteiger partial charge in [-0.1, -0.05) is 6.92 Å². The minimum absolute atomic E-state index is 0.0478. The number of rotatable bonds is 1. The molecule has 0 radical (unpaired) electrons. The fraction of sp³-hybridized carbons (Fsp3) is 0.929. The average Bonchev–Trinajstić information content (AvgIpc) is 2.28. The second-order valence-electron chi connectivity index (χ2n) is 6.44. The van der Waals surface area contributed by atoms with Gasteiger partial charge in [-0.15, -0.1) is 0 Å². The number of likely N-dealkylation sites (tertiary alicyclic amines) is 1. The van der Waals surface area contributed by atoms with Gasteiger partial charge in [-0.2, -0.15) is 0 Å². The highest BCUT2D eigenvalue weighted by Gasteiger charge is 2.38. The Balaban J connectivity index is 2.02. The Kier molecular flexibility index (Phi) is 3.76. The SMILES string of the molecule is CC1CCN(C(=O)[C@@H]2CCCNC2)C(C)(C)C1. The molecule has 1 amide bonds. The summed E-state index contributed by atoms with van der Waals surface area (Å²) in [5.41, 5.74) is 0.0478. The van der Waals surface area contributed by atoms with Crippen LogP contribution in [0.1, 0.15) is 46.5 Å². The Morgan fingerprint density at radius 3 is 2.71 bits per heavy atom. The topological polar surface area (TPSA) is 32.3 Å². The molecule has 0 aliphatic carbocycles. The zero-order valence-corrected chi connectivity index (χ0v) is 11.5. The monoisotopic (exact) mass is 238 g/mol. The van der Waals surface area contributed by atoms with E-state index in [1.807, 2.05) is 0 Å². The summed E-state index contributed by atoms with van der Waals surface area (Å²) in [6, 6.07) is 0. The molecule has 3 heteroatoms. The van der Waals surface area contributed by atoms with Gasteiger partial charge in [0.1, 0.15) is 0 Å². The first-order valence-electron chi connectivity index (χ1n) is 7.03. The minimum Gasteiger partial charge on any atom is -0.337 e. The van der Waals surface area contributed by atoms with Gasteiger partial charge in [0, 0.05) is 18.6 Å². The molecule has 0 aromatic carbocycles. The summed E-state index contributed by atoms with van der Waals surface area (Å²) in [6.07, 6.45) is 4.50. The van der Waals surface area contributed by atoms with E-state index in [9.17, 15) is 4.79 Å². The number of nitrogens with zero attached hydrogens (tertiary/aromatic N) is 1. The first kappa shape index (κ1) is 12.9. The molecule has 2 heterocycles. The van der Waals surface area contributed by atoms with Crippen LogP contribution < -0.4 is 5.32 Å².